The van der Waals surface area contributed by atoms with E-state index in [0.717, 1.165) is 62.7 Å². The number of para-hydroxylation sites is 2. The van der Waals surface area contributed by atoms with Crippen molar-refractivity contribution in [1.29, 1.82) is 0 Å². The second-order valence-corrected chi connectivity index (χ2v) is 7.50. The second kappa shape index (κ2) is 7.88. The van der Waals surface area contributed by atoms with Crippen molar-refractivity contribution in [3.05, 3.63) is 40.9 Å². The summed E-state index contributed by atoms with van der Waals surface area (Å²) in [5.74, 6) is 0.741. The van der Waals surface area contributed by atoms with E-state index < -0.39 is 0 Å². The quantitative estimate of drug-likeness (QED) is 0.645. The van der Waals surface area contributed by atoms with Gasteiger partial charge in [0.05, 0.1) is 24.2 Å². The van der Waals surface area contributed by atoms with Gasteiger partial charge >= 0.3 is 0 Å². The van der Waals surface area contributed by atoms with Gasteiger partial charge in [0.25, 0.3) is 0 Å². The van der Waals surface area contributed by atoms with Gasteiger partial charge in [0.1, 0.15) is 21.8 Å². The summed E-state index contributed by atoms with van der Waals surface area (Å²) >= 11 is 3.18. The monoisotopic (exact) mass is 431 g/mol. The summed E-state index contributed by atoms with van der Waals surface area (Å²) in [6, 6.07) is 11.3. The van der Waals surface area contributed by atoms with E-state index in [4.69, 9.17) is 9.72 Å². The lowest BCUT2D eigenvalue weighted by atomic mass is 10.2. The highest BCUT2D eigenvalue weighted by molar-refractivity contribution is 9.10. The molecule has 0 radical (unpaired) electrons. The number of morpholine rings is 1. The molecule has 1 aromatic heterocycles. The molecular weight excluding hydrogens is 410 g/mol. The first-order valence-electron chi connectivity index (χ1n) is 9.10. The van der Waals surface area contributed by atoms with Crippen LogP contribution in [0.25, 0.3) is 22.4 Å². The number of phenolic OH excluding ortho intramolecular Hbond substituents is 2. The predicted molar refractivity (Wildman–Crippen MR) is 108 cm³/mol. The molecule has 0 aliphatic carbocycles. The molecule has 0 spiro atoms. The van der Waals surface area contributed by atoms with Gasteiger partial charge in [-0.15, -0.1) is 0 Å². The van der Waals surface area contributed by atoms with E-state index in [-0.39, 0.29) is 11.5 Å². The number of aryl methyl sites for hydroxylation is 1. The second-order valence-electron chi connectivity index (χ2n) is 6.71. The number of nitrogens with zero attached hydrogens (tertiary/aromatic N) is 3. The van der Waals surface area contributed by atoms with Crippen molar-refractivity contribution < 1.29 is 14.9 Å². The van der Waals surface area contributed by atoms with Gasteiger partial charge in [0.15, 0.2) is 0 Å². The van der Waals surface area contributed by atoms with Crippen LogP contribution in [0, 0.1) is 0 Å². The molecule has 1 saturated heterocycles. The molecule has 3 aromatic rings. The minimum absolute atomic E-state index is 0.00285. The average Bonchev–Trinajstić information content (AvgIpc) is 3.05. The van der Waals surface area contributed by atoms with Gasteiger partial charge in [-0.05, 0) is 46.6 Å². The molecule has 1 fully saturated rings. The van der Waals surface area contributed by atoms with Gasteiger partial charge in [-0.25, -0.2) is 4.98 Å². The molecule has 0 saturated carbocycles. The molecule has 1 aliphatic rings. The molecule has 27 heavy (non-hydrogen) atoms. The highest BCUT2D eigenvalue weighted by atomic mass is 79.9. The van der Waals surface area contributed by atoms with Crippen LogP contribution in [0.3, 0.4) is 0 Å². The topological polar surface area (TPSA) is 70.8 Å². The lowest BCUT2D eigenvalue weighted by molar-refractivity contribution is 0.0370. The molecule has 4 rings (SSSR count). The minimum atomic E-state index is -0.00285. The maximum Gasteiger partial charge on any atom is 0.141 e. The summed E-state index contributed by atoms with van der Waals surface area (Å²) in [7, 11) is 0. The van der Waals surface area contributed by atoms with E-state index in [2.05, 4.69) is 31.5 Å². The summed E-state index contributed by atoms with van der Waals surface area (Å²) in [5.41, 5.74) is 2.65. The van der Waals surface area contributed by atoms with Crippen molar-refractivity contribution in [3.63, 3.8) is 0 Å². The summed E-state index contributed by atoms with van der Waals surface area (Å²) in [5, 5.41) is 20.2. The van der Waals surface area contributed by atoms with Crippen LogP contribution >= 0.6 is 15.9 Å². The fourth-order valence-electron chi connectivity index (χ4n) is 3.52. The van der Waals surface area contributed by atoms with Crippen molar-refractivity contribution in [1.82, 2.24) is 14.5 Å². The number of benzene rings is 2. The number of halogens is 1. The molecule has 0 bridgehead atoms. The Hall–Kier alpha value is -2.09. The Morgan fingerprint density at radius 1 is 1.04 bits per heavy atom. The zero-order chi connectivity index (χ0) is 18.8. The summed E-state index contributed by atoms with van der Waals surface area (Å²) < 4.78 is 7.87. The Morgan fingerprint density at radius 2 is 1.74 bits per heavy atom. The van der Waals surface area contributed by atoms with Crippen LogP contribution in [0.4, 0.5) is 0 Å². The van der Waals surface area contributed by atoms with Crippen molar-refractivity contribution in [2.24, 2.45) is 0 Å². The fourth-order valence-corrected chi connectivity index (χ4v) is 3.75. The van der Waals surface area contributed by atoms with Crippen LogP contribution in [-0.2, 0) is 11.3 Å². The smallest absolute Gasteiger partial charge is 0.141 e. The summed E-state index contributed by atoms with van der Waals surface area (Å²) in [6.45, 7) is 5.38. The molecule has 6 nitrogen and oxygen atoms in total. The molecule has 2 heterocycles. The van der Waals surface area contributed by atoms with E-state index in [0.29, 0.717) is 10.0 Å². The van der Waals surface area contributed by atoms with Gasteiger partial charge in [0, 0.05) is 31.7 Å². The molecule has 0 amide bonds. The van der Waals surface area contributed by atoms with Crippen molar-refractivity contribution in [2.75, 3.05) is 32.8 Å². The third-order valence-corrected chi connectivity index (χ3v) is 5.72. The average molecular weight is 432 g/mol. The van der Waals surface area contributed by atoms with Gasteiger partial charge in [0.2, 0.25) is 0 Å². The predicted octanol–water partition coefficient (Wildman–Crippen LogP) is 3.60. The Kier molecular flexibility index (Phi) is 5.33. The molecule has 0 unspecified atom stereocenters. The largest absolute Gasteiger partial charge is 0.507 e. The number of fused-ring (bicyclic) bond motifs is 1. The highest BCUT2D eigenvalue weighted by Crippen LogP contribution is 2.38. The number of aromatic hydroxyl groups is 2. The van der Waals surface area contributed by atoms with E-state index in [1.54, 1.807) is 12.1 Å². The summed E-state index contributed by atoms with van der Waals surface area (Å²) in [4.78, 5) is 7.17. The van der Waals surface area contributed by atoms with Crippen LogP contribution in [0.1, 0.15) is 6.42 Å². The van der Waals surface area contributed by atoms with Crippen LogP contribution in [-0.4, -0.2) is 57.5 Å². The zero-order valence-electron chi connectivity index (χ0n) is 14.9. The van der Waals surface area contributed by atoms with E-state index in [1.165, 1.54) is 0 Å². The third kappa shape index (κ3) is 3.81. The molecule has 0 atom stereocenters. The maximum atomic E-state index is 10.1. The molecule has 2 N–H and O–H groups in total. The minimum Gasteiger partial charge on any atom is -0.507 e. The molecule has 2 aromatic carbocycles. The van der Waals surface area contributed by atoms with E-state index in [1.807, 2.05) is 18.2 Å². The lowest BCUT2D eigenvalue weighted by Crippen LogP contribution is -2.37. The maximum absolute atomic E-state index is 10.1. The number of aromatic nitrogens is 2. The van der Waals surface area contributed by atoms with Gasteiger partial charge < -0.3 is 19.5 Å². The number of rotatable bonds is 5. The first-order chi connectivity index (χ1) is 13.1. The SMILES string of the molecule is Oc1cc(-c2nc3ccccc3n2CCCN2CCOCC2)cc(O)c1Br. The zero-order valence-corrected chi connectivity index (χ0v) is 16.5. The molecule has 1 aliphatic heterocycles. The normalized spacial score (nSPS) is 15.4. The summed E-state index contributed by atoms with van der Waals surface area (Å²) in [6.07, 6.45) is 0.988. The Bertz CT molecular complexity index is 928. The Balaban J connectivity index is 1.65. The Labute approximate surface area is 166 Å². The van der Waals surface area contributed by atoms with Crippen LogP contribution in [0.2, 0.25) is 0 Å². The molecular formula is C20H22BrN3O3. The highest BCUT2D eigenvalue weighted by Gasteiger charge is 2.16. The first-order valence-corrected chi connectivity index (χ1v) is 9.90. The number of imidazole rings is 1. The van der Waals surface area contributed by atoms with E-state index in [9.17, 15) is 10.2 Å². The van der Waals surface area contributed by atoms with E-state index >= 15 is 0 Å². The van der Waals surface area contributed by atoms with Gasteiger partial charge in [-0.3, -0.25) is 4.90 Å². The van der Waals surface area contributed by atoms with Gasteiger partial charge in [-0.2, -0.15) is 0 Å². The standard InChI is InChI=1S/C20H22BrN3O3/c21-19-17(25)12-14(13-18(19)26)20-22-15-4-1-2-5-16(15)24(20)7-3-6-23-8-10-27-11-9-23/h1-2,4-5,12-13,25-26H,3,6-11H2. The lowest BCUT2D eigenvalue weighted by Gasteiger charge is -2.26. The van der Waals surface area contributed by atoms with Crippen LogP contribution < -0.4 is 0 Å². The molecule has 142 valence electrons. The van der Waals surface area contributed by atoms with Crippen LogP contribution in [0.5, 0.6) is 11.5 Å². The van der Waals surface area contributed by atoms with Crippen molar-refractivity contribution in [2.45, 2.75) is 13.0 Å². The van der Waals surface area contributed by atoms with Crippen molar-refractivity contribution >= 4 is 27.0 Å². The number of ether oxygens (including phenoxy) is 1. The third-order valence-electron chi connectivity index (χ3n) is 4.91. The Morgan fingerprint density at radius 3 is 2.48 bits per heavy atom. The number of phenols is 2. The first kappa shape index (κ1) is 18.3. The van der Waals surface area contributed by atoms with Crippen molar-refractivity contribution in [3.8, 4) is 22.9 Å². The number of hydrogen-bond acceptors (Lipinski definition) is 5. The van der Waals surface area contributed by atoms with Gasteiger partial charge in [-0.1, -0.05) is 12.1 Å². The van der Waals surface area contributed by atoms with Crippen LogP contribution in [0.15, 0.2) is 40.9 Å². The fraction of sp³-hybridized carbons (Fsp3) is 0.350. The molecule has 7 heteroatoms. The number of hydrogen-bond donors (Lipinski definition) is 2.